The van der Waals surface area contributed by atoms with Gasteiger partial charge in [-0.15, -0.1) is 0 Å². The number of carbonyl (C=O) groups excluding carboxylic acids is 1. The molecule has 0 radical (unpaired) electrons. The lowest BCUT2D eigenvalue weighted by atomic mass is 10.1. The van der Waals surface area contributed by atoms with Crippen LogP contribution in [0.4, 0.5) is 0 Å². The van der Waals surface area contributed by atoms with Crippen LogP contribution >= 0.6 is 0 Å². The van der Waals surface area contributed by atoms with Crippen LogP contribution in [0.1, 0.15) is 31.7 Å². The SMILES string of the molecule is CCCN(CCc1ccccc1)C(=O)CCCS(N)(=O)=O. The van der Waals surface area contributed by atoms with Crippen molar-refractivity contribution in [3.63, 3.8) is 0 Å². The second-order valence-electron chi connectivity index (χ2n) is 5.09. The van der Waals surface area contributed by atoms with Gasteiger partial charge in [-0.3, -0.25) is 4.79 Å². The summed E-state index contributed by atoms with van der Waals surface area (Å²) in [5, 5.41) is 4.94. The smallest absolute Gasteiger partial charge is 0.222 e. The van der Waals surface area contributed by atoms with Crippen LogP contribution in [0, 0.1) is 0 Å². The van der Waals surface area contributed by atoms with E-state index in [9.17, 15) is 13.2 Å². The highest BCUT2D eigenvalue weighted by Crippen LogP contribution is 2.05. The van der Waals surface area contributed by atoms with Crippen molar-refractivity contribution in [1.29, 1.82) is 0 Å². The van der Waals surface area contributed by atoms with Gasteiger partial charge in [-0.1, -0.05) is 37.3 Å². The van der Waals surface area contributed by atoms with Gasteiger partial charge in [0.05, 0.1) is 5.75 Å². The first kappa shape index (κ1) is 17.7. The number of amides is 1. The zero-order chi connectivity index (χ0) is 15.7. The molecule has 5 nitrogen and oxygen atoms in total. The van der Waals surface area contributed by atoms with Gasteiger partial charge in [0.15, 0.2) is 0 Å². The fourth-order valence-corrected chi connectivity index (χ4v) is 2.67. The van der Waals surface area contributed by atoms with Gasteiger partial charge in [-0.2, -0.15) is 0 Å². The average molecular weight is 312 g/mol. The number of nitrogens with zero attached hydrogens (tertiary/aromatic N) is 1. The number of nitrogens with two attached hydrogens (primary N) is 1. The summed E-state index contributed by atoms with van der Waals surface area (Å²) in [7, 11) is -3.48. The van der Waals surface area contributed by atoms with Crippen molar-refractivity contribution in [2.45, 2.75) is 32.6 Å². The summed E-state index contributed by atoms with van der Waals surface area (Å²) < 4.78 is 21.7. The number of benzene rings is 1. The normalized spacial score (nSPS) is 11.3. The number of hydrogen-bond donors (Lipinski definition) is 1. The molecule has 1 aromatic carbocycles. The molecule has 6 heteroatoms. The molecule has 0 saturated carbocycles. The van der Waals surface area contributed by atoms with Crippen LogP contribution in [-0.4, -0.2) is 38.1 Å². The Morgan fingerprint density at radius 3 is 2.43 bits per heavy atom. The highest BCUT2D eigenvalue weighted by molar-refractivity contribution is 7.89. The van der Waals surface area contributed by atoms with Crippen molar-refractivity contribution in [2.75, 3.05) is 18.8 Å². The van der Waals surface area contributed by atoms with Gasteiger partial charge >= 0.3 is 0 Å². The molecule has 0 aliphatic rings. The minimum atomic E-state index is -3.48. The monoisotopic (exact) mass is 312 g/mol. The maximum Gasteiger partial charge on any atom is 0.222 e. The Morgan fingerprint density at radius 2 is 1.86 bits per heavy atom. The highest BCUT2D eigenvalue weighted by Gasteiger charge is 2.13. The Labute approximate surface area is 127 Å². The molecule has 0 atom stereocenters. The van der Waals surface area contributed by atoms with Crippen LogP contribution in [0.5, 0.6) is 0 Å². The predicted molar refractivity (Wildman–Crippen MR) is 84.2 cm³/mol. The molecule has 0 aliphatic carbocycles. The molecular formula is C15H24N2O3S. The molecule has 1 rings (SSSR count). The van der Waals surface area contributed by atoms with E-state index in [2.05, 4.69) is 0 Å². The van der Waals surface area contributed by atoms with Crippen LogP contribution < -0.4 is 5.14 Å². The lowest BCUT2D eigenvalue weighted by molar-refractivity contribution is -0.131. The first-order valence-electron chi connectivity index (χ1n) is 7.24. The standard InChI is InChI=1S/C15H24N2O3S/c1-2-11-17(12-10-14-7-4-3-5-8-14)15(18)9-6-13-21(16,19)20/h3-5,7-8H,2,6,9-13H2,1H3,(H2,16,19,20). The minimum Gasteiger partial charge on any atom is -0.342 e. The first-order chi connectivity index (χ1) is 9.92. The molecule has 0 fully saturated rings. The summed E-state index contributed by atoms with van der Waals surface area (Å²) in [6.45, 7) is 3.38. The van der Waals surface area contributed by atoms with Gasteiger partial charge in [0.2, 0.25) is 15.9 Å². The summed E-state index contributed by atoms with van der Waals surface area (Å²) in [4.78, 5) is 13.9. The quantitative estimate of drug-likeness (QED) is 0.751. The van der Waals surface area contributed by atoms with Crippen LogP contribution in [0.3, 0.4) is 0 Å². The summed E-state index contributed by atoms with van der Waals surface area (Å²) in [5.74, 6) is -0.145. The summed E-state index contributed by atoms with van der Waals surface area (Å²) in [6, 6.07) is 10.00. The van der Waals surface area contributed by atoms with E-state index >= 15 is 0 Å². The van der Waals surface area contributed by atoms with Gasteiger partial charge in [-0.25, -0.2) is 13.6 Å². The molecule has 0 heterocycles. The molecular weight excluding hydrogens is 288 g/mol. The van der Waals surface area contributed by atoms with E-state index in [1.54, 1.807) is 4.90 Å². The zero-order valence-electron chi connectivity index (χ0n) is 12.5. The number of rotatable bonds is 9. The van der Waals surface area contributed by atoms with Crippen molar-refractivity contribution >= 4 is 15.9 Å². The lowest BCUT2D eigenvalue weighted by Crippen LogP contribution is -2.34. The van der Waals surface area contributed by atoms with E-state index in [4.69, 9.17) is 5.14 Å². The molecule has 0 aliphatic heterocycles. The van der Waals surface area contributed by atoms with Crippen molar-refractivity contribution in [3.05, 3.63) is 35.9 Å². The van der Waals surface area contributed by atoms with Gasteiger partial charge in [0, 0.05) is 19.5 Å². The second kappa shape index (κ2) is 8.79. The lowest BCUT2D eigenvalue weighted by Gasteiger charge is -2.22. The third-order valence-corrected chi connectivity index (χ3v) is 4.04. The Hall–Kier alpha value is -1.40. The molecule has 1 amide bonds. The maximum absolute atomic E-state index is 12.1. The van der Waals surface area contributed by atoms with Crippen LogP contribution in [0.25, 0.3) is 0 Å². The van der Waals surface area contributed by atoms with E-state index in [0.29, 0.717) is 13.1 Å². The van der Waals surface area contributed by atoms with Crippen LogP contribution in [-0.2, 0) is 21.2 Å². The summed E-state index contributed by atoms with van der Waals surface area (Å²) in [5.41, 5.74) is 1.19. The molecule has 1 aromatic rings. The Bertz CT molecular complexity index is 529. The Morgan fingerprint density at radius 1 is 1.19 bits per heavy atom. The van der Waals surface area contributed by atoms with Crippen molar-refractivity contribution in [2.24, 2.45) is 5.14 Å². The van der Waals surface area contributed by atoms with Gasteiger partial charge in [0.1, 0.15) is 0 Å². The van der Waals surface area contributed by atoms with E-state index in [0.717, 1.165) is 12.8 Å². The molecule has 0 bridgehead atoms. The maximum atomic E-state index is 12.1. The minimum absolute atomic E-state index is 0.00330. The second-order valence-corrected chi connectivity index (χ2v) is 6.82. The van der Waals surface area contributed by atoms with Gasteiger partial charge in [0.25, 0.3) is 0 Å². The average Bonchev–Trinajstić information content (AvgIpc) is 2.43. The van der Waals surface area contributed by atoms with Gasteiger partial charge < -0.3 is 4.90 Å². The van der Waals surface area contributed by atoms with E-state index in [1.165, 1.54) is 5.56 Å². The third-order valence-electron chi connectivity index (χ3n) is 3.18. The number of sulfonamides is 1. The third kappa shape index (κ3) is 7.82. The van der Waals surface area contributed by atoms with Crippen LogP contribution in [0.15, 0.2) is 30.3 Å². The fourth-order valence-electron chi connectivity index (χ4n) is 2.12. The van der Waals surface area contributed by atoms with Crippen molar-refractivity contribution in [1.82, 2.24) is 4.90 Å². The van der Waals surface area contributed by atoms with Gasteiger partial charge in [-0.05, 0) is 24.8 Å². The van der Waals surface area contributed by atoms with Crippen LogP contribution in [0.2, 0.25) is 0 Å². The molecule has 118 valence electrons. The van der Waals surface area contributed by atoms with Crippen molar-refractivity contribution < 1.29 is 13.2 Å². The summed E-state index contributed by atoms with van der Waals surface area (Å²) in [6.07, 6.45) is 2.20. The molecule has 0 unspecified atom stereocenters. The summed E-state index contributed by atoms with van der Waals surface area (Å²) >= 11 is 0. The molecule has 0 saturated heterocycles. The molecule has 0 spiro atoms. The van der Waals surface area contributed by atoms with E-state index < -0.39 is 10.0 Å². The fraction of sp³-hybridized carbons (Fsp3) is 0.533. The number of carbonyl (C=O) groups is 1. The number of primary sulfonamides is 1. The Kier molecular flexibility index (Phi) is 7.39. The molecule has 21 heavy (non-hydrogen) atoms. The first-order valence-corrected chi connectivity index (χ1v) is 8.96. The zero-order valence-corrected chi connectivity index (χ0v) is 13.3. The topological polar surface area (TPSA) is 80.5 Å². The largest absolute Gasteiger partial charge is 0.342 e. The highest BCUT2D eigenvalue weighted by atomic mass is 32.2. The van der Waals surface area contributed by atoms with E-state index in [1.807, 2.05) is 37.3 Å². The number of hydrogen-bond acceptors (Lipinski definition) is 3. The molecule has 0 aromatic heterocycles. The molecule has 2 N–H and O–H groups in total. The Balaban J connectivity index is 2.46. The predicted octanol–water partition coefficient (Wildman–Crippen LogP) is 1.54. The van der Waals surface area contributed by atoms with Crippen molar-refractivity contribution in [3.8, 4) is 0 Å². The van der Waals surface area contributed by atoms with E-state index in [-0.39, 0.29) is 24.5 Å².